The number of hydrogen-bond acceptors (Lipinski definition) is 7. The molecule has 144 valence electrons. The smallest absolute Gasteiger partial charge is 0.250 e. The maximum atomic E-state index is 12.0. The highest BCUT2D eigenvalue weighted by Crippen LogP contribution is 2.21. The molecule has 0 unspecified atom stereocenters. The van der Waals surface area contributed by atoms with Gasteiger partial charge in [-0.2, -0.15) is 0 Å². The molecule has 1 aliphatic rings. The number of ether oxygens (including phenoxy) is 1. The number of carbonyl (C=O) groups is 1. The van der Waals surface area contributed by atoms with E-state index < -0.39 is 15.9 Å². The van der Waals surface area contributed by atoms with Gasteiger partial charge in [-0.15, -0.1) is 16.2 Å². The number of hydrazine groups is 1. The SMILES string of the molecule is O=C(Cc1csc(N2CCOCC2)n1)NNS(=O)(=O)/C=C/c1ccccc1. The summed E-state index contributed by atoms with van der Waals surface area (Å²) < 4.78 is 29.2. The minimum atomic E-state index is -3.78. The van der Waals surface area contributed by atoms with Crippen LogP contribution in [0.25, 0.3) is 6.08 Å². The second-order valence-corrected chi connectivity index (χ2v) is 8.21. The van der Waals surface area contributed by atoms with Gasteiger partial charge in [-0.1, -0.05) is 30.3 Å². The van der Waals surface area contributed by atoms with Crippen molar-refractivity contribution in [2.24, 2.45) is 0 Å². The second-order valence-electron chi connectivity index (χ2n) is 5.81. The molecule has 2 aromatic rings. The first-order valence-electron chi connectivity index (χ1n) is 8.33. The van der Waals surface area contributed by atoms with Gasteiger partial charge in [0.15, 0.2) is 5.13 Å². The molecule has 1 aromatic heterocycles. The van der Waals surface area contributed by atoms with Crippen molar-refractivity contribution in [1.82, 2.24) is 15.2 Å². The molecule has 2 heterocycles. The molecule has 1 saturated heterocycles. The van der Waals surface area contributed by atoms with Crippen molar-refractivity contribution in [2.45, 2.75) is 6.42 Å². The molecule has 0 aliphatic carbocycles. The molecular formula is C17H20N4O4S2. The zero-order chi connectivity index (χ0) is 19.1. The molecule has 10 heteroatoms. The molecule has 8 nitrogen and oxygen atoms in total. The number of amides is 1. The first-order valence-corrected chi connectivity index (χ1v) is 10.8. The van der Waals surface area contributed by atoms with E-state index in [9.17, 15) is 13.2 Å². The van der Waals surface area contributed by atoms with E-state index in [-0.39, 0.29) is 6.42 Å². The standard InChI is InChI=1S/C17H20N4O4S2/c22-16(12-15-13-26-17(18-15)21-7-9-25-10-8-21)19-20-27(23,24)11-6-14-4-2-1-3-5-14/h1-6,11,13,20H,7-10,12H2,(H,19,22)/b11-6+. The molecule has 3 rings (SSSR count). The van der Waals surface area contributed by atoms with E-state index in [0.717, 1.165) is 29.2 Å². The molecule has 0 saturated carbocycles. The van der Waals surface area contributed by atoms with Crippen LogP contribution in [-0.4, -0.2) is 45.6 Å². The predicted molar refractivity (Wildman–Crippen MR) is 105 cm³/mol. The van der Waals surface area contributed by atoms with Crippen molar-refractivity contribution in [2.75, 3.05) is 31.2 Å². The van der Waals surface area contributed by atoms with Gasteiger partial charge in [-0.25, -0.2) is 13.4 Å². The van der Waals surface area contributed by atoms with Crippen LogP contribution in [0.2, 0.25) is 0 Å². The lowest BCUT2D eigenvalue weighted by molar-refractivity contribution is -0.120. The van der Waals surface area contributed by atoms with Crippen LogP contribution in [0.4, 0.5) is 5.13 Å². The molecule has 0 spiro atoms. The predicted octanol–water partition coefficient (Wildman–Crippen LogP) is 1.14. The summed E-state index contributed by atoms with van der Waals surface area (Å²) in [5, 5.41) is 3.64. The van der Waals surface area contributed by atoms with Crippen molar-refractivity contribution in [1.29, 1.82) is 0 Å². The van der Waals surface area contributed by atoms with E-state index in [1.165, 1.54) is 17.4 Å². The van der Waals surface area contributed by atoms with E-state index in [4.69, 9.17) is 4.74 Å². The number of carbonyl (C=O) groups excluding carboxylic acids is 1. The summed E-state index contributed by atoms with van der Waals surface area (Å²) in [5.41, 5.74) is 3.54. The lowest BCUT2D eigenvalue weighted by atomic mass is 10.2. The number of morpholine rings is 1. The first-order chi connectivity index (χ1) is 13.0. The monoisotopic (exact) mass is 408 g/mol. The summed E-state index contributed by atoms with van der Waals surface area (Å²) in [4.78, 5) is 20.6. The number of anilines is 1. The topological polar surface area (TPSA) is 101 Å². The zero-order valence-electron chi connectivity index (χ0n) is 14.5. The number of sulfonamides is 1. The number of nitrogens with one attached hydrogen (secondary N) is 2. The van der Waals surface area contributed by atoms with E-state index in [1.807, 2.05) is 6.07 Å². The van der Waals surface area contributed by atoms with Crippen LogP contribution in [0.15, 0.2) is 41.1 Å². The molecule has 0 bridgehead atoms. The average Bonchev–Trinajstić information content (AvgIpc) is 3.15. The van der Waals surface area contributed by atoms with Crippen molar-refractivity contribution < 1.29 is 17.9 Å². The zero-order valence-corrected chi connectivity index (χ0v) is 16.1. The Hall–Kier alpha value is -2.27. The molecule has 0 atom stereocenters. The van der Waals surface area contributed by atoms with Crippen LogP contribution < -0.4 is 15.2 Å². The minimum Gasteiger partial charge on any atom is -0.378 e. The van der Waals surface area contributed by atoms with Gasteiger partial charge in [0.1, 0.15) is 0 Å². The molecule has 1 fully saturated rings. The number of nitrogens with zero attached hydrogens (tertiary/aromatic N) is 2. The summed E-state index contributed by atoms with van der Waals surface area (Å²) >= 11 is 1.46. The number of rotatable bonds is 7. The quantitative estimate of drug-likeness (QED) is 0.667. The third-order valence-electron chi connectivity index (χ3n) is 3.73. The maximum Gasteiger partial charge on any atom is 0.250 e. The Kier molecular flexibility index (Phi) is 6.56. The Morgan fingerprint density at radius 2 is 2.00 bits per heavy atom. The van der Waals surface area contributed by atoms with Crippen molar-refractivity contribution in [3.05, 3.63) is 52.4 Å². The molecule has 1 aromatic carbocycles. The van der Waals surface area contributed by atoms with Gasteiger partial charge in [0, 0.05) is 23.9 Å². The van der Waals surface area contributed by atoms with E-state index in [0.29, 0.717) is 18.9 Å². The van der Waals surface area contributed by atoms with Gasteiger partial charge in [-0.05, 0) is 11.6 Å². The van der Waals surface area contributed by atoms with Gasteiger partial charge in [-0.3, -0.25) is 10.2 Å². The van der Waals surface area contributed by atoms with Crippen molar-refractivity contribution in [3.63, 3.8) is 0 Å². The Morgan fingerprint density at radius 3 is 2.74 bits per heavy atom. The molecule has 2 N–H and O–H groups in total. The summed E-state index contributed by atoms with van der Waals surface area (Å²) in [6.45, 7) is 2.86. The molecule has 0 radical (unpaired) electrons. The Morgan fingerprint density at radius 1 is 1.26 bits per heavy atom. The summed E-state index contributed by atoms with van der Waals surface area (Å²) in [6, 6.07) is 9.01. The van der Waals surface area contributed by atoms with Gasteiger partial charge < -0.3 is 9.64 Å². The Labute approximate surface area is 161 Å². The van der Waals surface area contributed by atoms with Crippen molar-refractivity contribution >= 4 is 38.5 Å². The lowest BCUT2D eigenvalue weighted by Gasteiger charge is -2.26. The van der Waals surface area contributed by atoms with E-state index in [2.05, 4.69) is 20.1 Å². The van der Waals surface area contributed by atoms with Crippen LogP contribution in [0.5, 0.6) is 0 Å². The Balaban J connectivity index is 1.49. The van der Waals surface area contributed by atoms with Gasteiger partial charge in [0.2, 0.25) is 5.91 Å². The highest BCUT2D eigenvalue weighted by molar-refractivity contribution is 7.92. The third kappa shape index (κ3) is 6.14. The average molecular weight is 409 g/mol. The molecular weight excluding hydrogens is 388 g/mol. The van der Waals surface area contributed by atoms with Crippen LogP contribution in [0, 0.1) is 0 Å². The highest BCUT2D eigenvalue weighted by atomic mass is 32.2. The number of thiazole rings is 1. The summed E-state index contributed by atoms with van der Waals surface area (Å²) in [5.74, 6) is -0.481. The van der Waals surface area contributed by atoms with Crippen LogP contribution in [0.1, 0.15) is 11.3 Å². The lowest BCUT2D eigenvalue weighted by Crippen LogP contribution is -2.41. The minimum absolute atomic E-state index is 0.00818. The molecule has 1 aliphatic heterocycles. The summed E-state index contributed by atoms with van der Waals surface area (Å²) in [6.07, 6.45) is 1.44. The highest BCUT2D eigenvalue weighted by Gasteiger charge is 2.16. The van der Waals surface area contributed by atoms with Crippen molar-refractivity contribution in [3.8, 4) is 0 Å². The fourth-order valence-electron chi connectivity index (χ4n) is 2.38. The first kappa shape index (κ1) is 19.5. The fourth-order valence-corrected chi connectivity index (χ4v) is 3.92. The van der Waals surface area contributed by atoms with Gasteiger partial charge >= 0.3 is 0 Å². The number of aromatic nitrogens is 1. The second kappa shape index (κ2) is 9.09. The molecule has 1 amide bonds. The van der Waals surface area contributed by atoms with E-state index >= 15 is 0 Å². The molecule has 27 heavy (non-hydrogen) atoms. The van der Waals surface area contributed by atoms with Crippen LogP contribution in [-0.2, 0) is 26.0 Å². The van der Waals surface area contributed by atoms with E-state index in [1.54, 1.807) is 29.6 Å². The summed E-state index contributed by atoms with van der Waals surface area (Å²) in [7, 11) is -3.78. The van der Waals surface area contributed by atoms with Gasteiger partial charge in [0.25, 0.3) is 10.0 Å². The number of benzene rings is 1. The maximum absolute atomic E-state index is 12.0. The third-order valence-corrected chi connectivity index (χ3v) is 5.57. The van der Waals surface area contributed by atoms with Crippen LogP contribution in [0.3, 0.4) is 0 Å². The number of hydrogen-bond donors (Lipinski definition) is 2. The normalized spacial score (nSPS) is 15.2. The largest absolute Gasteiger partial charge is 0.378 e. The van der Waals surface area contributed by atoms with Gasteiger partial charge in [0.05, 0.1) is 25.3 Å². The Bertz CT molecular complexity index is 891. The fraction of sp³-hybridized carbons (Fsp3) is 0.294. The van der Waals surface area contributed by atoms with Crippen LogP contribution >= 0.6 is 11.3 Å².